The highest BCUT2D eigenvalue weighted by Gasteiger charge is 2.15. The van der Waals surface area contributed by atoms with Crippen LogP contribution in [0.1, 0.15) is 23.9 Å². The highest BCUT2D eigenvalue weighted by Crippen LogP contribution is 2.26. The van der Waals surface area contributed by atoms with Crippen molar-refractivity contribution in [3.63, 3.8) is 0 Å². The third-order valence-corrected chi connectivity index (χ3v) is 2.47. The Balaban J connectivity index is 2.43. The van der Waals surface area contributed by atoms with Gasteiger partial charge in [0.15, 0.2) is 29.0 Å². The maximum atomic E-state index is 13.0. The van der Waals surface area contributed by atoms with Crippen molar-refractivity contribution in [3.05, 3.63) is 47.5 Å². The normalized spacial score (nSPS) is 10.7. The van der Waals surface area contributed by atoms with Crippen molar-refractivity contribution < 1.29 is 22.4 Å². The van der Waals surface area contributed by atoms with Crippen LogP contribution in [0.15, 0.2) is 28.7 Å². The molecule has 2 nitrogen and oxygen atoms in total. The molecule has 0 spiro atoms. The first-order valence-corrected chi connectivity index (χ1v) is 5.31. The summed E-state index contributed by atoms with van der Waals surface area (Å²) in [6, 6.07) is 4.46. The van der Waals surface area contributed by atoms with Gasteiger partial charge in [-0.05, 0) is 24.3 Å². The van der Waals surface area contributed by atoms with Crippen LogP contribution in [0.4, 0.5) is 13.2 Å². The van der Waals surface area contributed by atoms with Crippen LogP contribution in [0.25, 0.3) is 11.3 Å². The molecule has 18 heavy (non-hydrogen) atoms. The van der Waals surface area contributed by atoms with Crippen LogP contribution in [-0.2, 0) is 0 Å². The number of furan rings is 1. The van der Waals surface area contributed by atoms with Gasteiger partial charge >= 0.3 is 0 Å². The van der Waals surface area contributed by atoms with Gasteiger partial charge in [0.1, 0.15) is 5.76 Å². The van der Waals surface area contributed by atoms with Crippen LogP contribution in [0.5, 0.6) is 0 Å². The van der Waals surface area contributed by atoms with Gasteiger partial charge in [-0.1, -0.05) is 6.92 Å². The average molecular weight is 254 g/mol. The molecular weight excluding hydrogens is 245 g/mol. The monoisotopic (exact) mass is 254 g/mol. The summed E-state index contributed by atoms with van der Waals surface area (Å²) in [7, 11) is 0. The average Bonchev–Trinajstić information content (AvgIpc) is 2.84. The van der Waals surface area contributed by atoms with Crippen molar-refractivity contribution in [3.8, 4) is 11.3 Å². The van der Waals surface area contributed by atoms with Gasteiger partial charge in [-0.15, -0.1) is 0 Å². The van der Waals surface area contributed by atoms with Crippen molar-refractivity contribution in [1.82, 2.24) is 0 Å². The van der Waals surface area contributed by atoms with E-state index in [9.17, 15) is 18.0 Å². The zero-order chi connectivity index (χ0) is 13.3. The van der Waals surface area contributed by atoms with Crippen LogP contribution >= 0.6 is 0 Å². The fourth-order valence-corrected chi connectivity index (χ4v) is 1.51. The summed E-state index contributed by atoms with van der Waals surface area (Å²) in [4.78, 5) is 11.3. The Kier molecular flexibility index (Phi) is 3.23. The molecule has 1 aromatic carbocycles. The van der Waals surface area contributed by atoms with Crippen molar-refractivity contribution in [2.75, 3.05) is 0 Å². The second-order valence-corrected chi connectivity index (χ2v) is 3.69. The summed E-state index contributed by atoms with van der Waals surface area (Å²) >= 11 is 0. The van der Waals surface area contributed by atoms with E-state index < -0.39 is 17.5 Å². The van der Waals surface area contributed by atoms with Crippen LogP contribution in [0, 0.1) is 17.5 Å². The van der Waals surface area contributed by atoms with Crippen LogP contribution in [-0.4, -0.2) is 5.78 Å². The summed E-state index contributed by atoms with van der Waals surface area (Å²) in [6.45, 7) is 1.67. The summed E-state index contributed by atoms with van der Waals surface area (Å²) in [5, 5.41) is 0. The maximum absolute atomic E-state index is 13.0. The fraction of sp³-hybridized carbons (Fsp3) is 0.154. The molecule has 0 atom stereocenters. The molecule has 0 N–H and O–H groups in total. The third-order valence-electron chi connectivity index (χ3n) is 2.47. The lowest BCUT2D eigenvalue weighted by Crippen LogP contribution is -1.93. The van der Waals surface area contributed by atoms with E-state index in [-0.39, 0.29) is 29.3 Å². The topological polar surface area (TPSA) is 30.2 Å². The maximum Gasteiger partial charge on any atom is 0.197 e. The van der Waals surface area contributed by atoms with E-state index in [1.807, 2.05) is 0 Å². The first-order valence-electron chi connectivity index (χ1n) is 5.31. The molecule has 94 valence electrons. The zero-order valence-electron chi connectivity index (χ0n) is 9.47. The number of benzene rings is 1. The molecule has 0 radical (unpaired) electrons. The first kappa shape index (κ1) is 12.4. The van der Waals surface area contributed by atoms with E-state index in [0.717, 1.165) is 12.1 Å². The summed E-state index contributed by atoms with van der Waals surface area (Å²) in [6.07, 6.45) is 0.263. The number of hydrogen-bond acceptors (Lipinski definition) is 2. The van der Waals surface area contributed by atoms with Gasteiger partial charge in [0, 0.05) is 12.0 Å². The van der Waals surface area contributed by atoms with Gasteiger partial charge in [0.2, 0.25) is 0 Å². The van der Waals surface area contributed by atoms with Crippen LogP contribution in [0.2, 0.25) is 0 Å². The zero-order valence-corrected chi connectivity index (χ0v) is 9.47. The molecule has 5 heteroatoms. The summed E-state index contributed by atoms with van der Waals surface area (Å²) in [5.74, 6) is -4.13. The Morgan fingerprint density at radius 2 is 1.78 bits per heavy atom. The predicted octanol–water partition coefficient (Wildman–Crippen LogP) is 3.96. The lowest BCUT2D eigenvalue weighted by molar-refractivity contribution is 0.0962. The minimum absolute atomic E-state index is 0.0431. The molecular formula is C13H9F3O2. The Morgan fingerprint density at radius 3 is 2.33 bits per heavy atom. The number of halogens is 3. The van der Waals surface area contributed by atoms with Gasteiger partial charge in [0.25, 0.3) is 0 Å². The summed E-state index contributed by atoms with van der Waals surface area (Å²) < 4.78 is 44.0. The molecule has 0 bridgehead atoms. The highest BCUT2D eigenvalue weighted by atomic mass is 19.2. The summed E-state index contributed by atoms with van der Waals surface area (Å²) in [5.41, 5.74) is 0.0431. The van der Waals surface area contributed by atoms with Gasteiger partial charge in [-0.2, -0.15) is 0 Å². The second-order valence-electron chi connectivity index (χ2n) is 3.69. The smallest absolute Gasteiger partial charge is 0.197 e. The fourth-order valence-electron chi connectivity index (χ4n) is 1.51. The first-order chi connectivity index (χ1) is 8.52. The number of Topliss-reactive ketones (excluding diaryl/α,β-unsaturated/α-hetero) is 1. The minimum atomic E-state index is -1.53. The molecule has 0 aliphatic carbocycles. The van der Waals surface area contributed by atoms with E-state index in [0.29, 0.717) is 0 Å². The van der Waals surface area contributed by atoms with E-state index in [1.54, 1.807) is 6.92 Å². The second kappa shape index (κ2) is 4.68. The van der Waals surface area contributed by atoms with E-state index in [4.69, 9.17) is 4.42 Å². The van der Waals surface area contributed by atoms with Gasteiger partial charge in [0.05, 0.1) is 0 Å². The molecule has 0 aliphatic rings. The van der Waals surface area contributed by atoms with Crippen molar-refractivity contribution >= 4 is 5.78 Å². The van der Waals surface area contributed by atoms with Crippen molar-refractivity contribution in [2.24, 2.45) is 0 Å². The number of carbonyl (C=O) groups excluding carboxylic acids is 1. The number of carbonyl (C=O) groups is 1. The van der Waals surface area contributed by atoms with E-state index in [2.05, 4.69) is 0 Å². The van der Waals surface area contributed by atoms with Crippen LogP contribution < -0.4 is 0 Å². The standard InChI is InChI=1S/C13H9F3O2/c1-2-10(17)12-4-3-11(18-12)7-5-8(14)13(16)9(15)6-7/h3-6H,2H2,1H3. The Hall–Kier alpha value is -2.04. The van der Waals surface area contributed by atoms with Gasteiger partial charge in [-0.3, -0.25) is 4.79 Å². The number of hydrogen-bond donors (Lipinski definition) is 0. The number of ketones is 1. The molecule has 0 saturated carbocycles. The van der Waals surface area contributed by atoms with Crippen LogP contribution in [0.3, 0.4) is 0 Å². The highest BCUT2D eigenvalue weighted by molar-refractivity contribution is 5.93. The molecule has 0 aliphatic heterocycles. The minimum Gasteiger partial charge on any atom is -0.453 e. The third kappa shape index (κ3) is 2.16. The Labute approximate surface area is 101 Å². The molecule has 0 saturated heterocycles. The van der Waals surface area contributed by atoms with E-state index in [1.165, 1.54) is 12.1 Å². The molecule has 2 rings (SSSR count). The SMILES string of the molecule is CCC(=O)c1ccc(-c2cc(F)c(F)c(F)c2)o1. The molecule has 1 aromatic heterocycles. The Morgan fingerprint density at radius 1 is 1.17 bits per heavy atom. The van der Waals surface area contributed by atoms with Crippen molar-refractivity contribution in [2.45, 2.75) is 13.3 Å². The quantitative estimate of drug-likeness (QED) is 0.613. The van der Waals surface area contributed by atoms with Crippen molar-refractivity contribution in [1.29, 1.82) is 0 Å². The Bertz CT molecular complexity index is 579. The molecule has 2 aromatic rings. The van der Waals surface area contributed by atoms with E-state index >= 15 is 0 Å². The molecule has 1 heterocycles. The molecule has 0 fully saturated rings. The molecule has 0 unspecified atom stereocenters. The lowest BCUT2D eigenvalue weighted by atomic mass is 10.1. The predicted molar refractivity (Wildman–Crippen MR) is 58.6 cm³/mol. The molecule has 0 amide bonds. The largest absolute Gasteiger partial charge is 0.453 e. The number of rotatable bonds is 3. The van der Waals surface area contributed by atoms with Gasteiger partial charge in [-0.25, -0.2) is 13.2 Å². The lowest BCUT2D eigenvalue weighted by Gasteiger charge is -2.00. The van der Waals surface area contributed by atoms with Gasteiger partial charge < -0.3 is 4.42 Å².